The highest BCUT2D eigenvalue weighted by Gasteiger charge is 2.22. The smallest absolute Gasteiger partial charge is 0.138 e. The average Bonchev–Trinajstić information content (AvgIpc) is 2.71. The molecule has 2 heterocycles. The van der Waals surface area contributed by atoms with Crippen LogP contribution in [0.4, 0.5) is 0 Å². The second kappa shape index (κ2) is 4.80. The fourth-order valence-electron chi connectivity index (χ4n) is 2.18. The SMILES string of the molecule is Cc1ccc(O)c(CN2CCC(CN)C2)n1. The molecule has 0 spiro atoms. The average molecular weight is 221 g/mol. The molecule has 2 rings (SSSR count). The van der Waals surface area contributed by atoms with Crippen LogP contribution >= 0.6 is 0 Å². The third-order valence-corrected chi connectivity index (χ3v) is 3.17. The molecular weight excluding hydrogens is 202 g/mol. The van der Waals surface area contributed by atoms with E-state index in [1.165, 1.54) is 0 Å². The maximum absolute atomic E-state index is 9.70. The lowest BCUT2D eigenvalue weighted by Gasteiger charge is -2.16. The summed E-state index contributed by atoms with van der Waals surface area (Å²) < 4.78 is 0. The van der Waals surface area contributed by atoms with Crippen molar-refractivity contribution in [1.29, 1.82) is 0 Å². The van der Waals surface area contributed by atoms with Gasteiger partial charge < -0.3 is 10.8 Å². The highest BCUT2D eigenvalue weighted by Crippen LogP contribution is 2.21. The van der Waals surface area contributed by atoms with E-state index < -0.39 is 0 Å². The van der Waals surface area contributed by atoms with Crippen molar-refractivity contribution in [3.05, 3.63) is 23.5 Å². The lowest BCUT2D eigenvalue weighted by atomic mass is 10.1. The Kier molecular flexibility index (Phi) is 3.41. The van der Waals surface area contributed by atoms with Gasteiger partial charge in [-0.05, 0) is 44.5 Å². The van der Waals surface area contributed by atoms with Crippen LogP contribution < -0.4 is 5.73 Å². The van der Waals surface area contributed by atoms with Gasteiger partial charge in [0, 0.05) is 18.8 Å². The Labute approximate surface area is 96.1 Å². The Bertz CT molecular complexity index is 367. The number of aromatic nitrogens is 1. The maximum Gasteiger partial charge on any atom is 0.138 e. The number of hydrogen-bond donors (Lipinski definition) is 2. The van der Waals surface area contributed by atoms with Crippen LogP contribution in [0.15, 0.2) is 12.1 Å². The third-order valence-electron chi connectivity index (χ3n) is 3.17. The molecule has 4 nitrogen and oxygen atoms in total. The van der Waals surface area contributed by atoms with E-state index >= 15 is 0 Å². The van der Waals surface area contributed by atoms with Crippen molar-refractivity contribution < 1.29 is 5.11 Å². The van der Waals surface area contributed by atoms with E-state index in [0.29, 0.717) is 11.7 Å². The third kappa shape index (κ3) is 2.51. The van der Waals surface area contributed by atoms with E-state index in [2.05, 4.69) is 9.88 Å². The number of nitrogens with zero attached hydrogens (tertiary/aromatic N) is 2. The van der Waals surface area contributed by atoms with Crippen molar-refractivity contribution in [3.63, 3.8) is 0 Å². The van der Waals surface area contributed by atoms with Gasteiger partial charge in [-0.1, -0.05) is 0 Å². The summed E-state index contributed by atoms with van der Waals surface area (Å²) in [5.41, 5.74) is 7.37. The van der Waals surface area contributed by atoms with E-state index in [1.807, 2.05) is 13.0 Å². The van der Waals surface area contributed by atoms with Gasteiger partial charge in [0.15, 0.2) is 0 Å². The Morgan fingerprint density at radius 2 is 2.38 bits per heavy atom. The van der Waals surface area contributed by atoms with Gasteiger partial charge in [0.25, 0.3) is 0 Å². The van der Waals surface area contributed by atoms with Gasteiger partial charge in [0.2, 0.25) is 0 Å². The number of likely N-dealkylation sites (tertiary alicyclic amines) is 1. The standard InChI is InChI=1S/C12H19N3O/c1-9-2-3-12(16)11(14-9)8-15-5-4-10(6-13)7-15/h2-3,10,16H,4-8,13H2,1H3. The highest BCUT2D eigenvalue weighted by atomic mass is 16.3. The molecule has 1 aliphatic rings. The van der Waals surface area contributed by atoms with Crippen LogP contribution in [0, 0.1) is 12.8 Å². The summed E-state index contributed by atoms with van der Waals surface area (Å²) in [7, 11) is 0. The number of nitrogens with two attached hydrogens (primary N) is 1. The molecular formula is C12H19N3O. The molecule has 0 amide bonds. The van der Waals surface area contributed by atoms with E-state index in [9.17, 15) is 5.11 Å². The fourth-order valence-corrected chi connectivity index (χ4v) is 2.18. The van der Waals surface area contributed by atoms with Gasteiger partial charge in [0.05, 0.1) is 5.69 Å². The summed E-state index contributed by atoms with van der Waals surface area (Å²) in [6.07, 6.45) is 1.16. The molecule has 16 heavy (non-hydrogen) atoms. The molecule has 0 radical (unpaired) electrons. The zero-order valence-electron chi connectivity index (χ0n) is 9.69. The zero-order valence-corrected chi connectivity index (χ0v) is 9.69. The van der Waals surface area contributed by atoms with Crippen molar-refractivity contribution >= 4 is 0 Å². The molecule has 0 aromatic carbocycles. The van der Waals surface area contributed by atoms with E-state index in [-0.39, 0.29) is 0 Å². The molecule has 1 saturated heterocycles. The molecule has 0 bridgehead atoms. The van der Waals surface area contributed by atoms with Crippen LogP contribution in [0.25, 0.3) is 0 Å². The second-order valence-electron chi connectivity index (χ2n) is 4.54. The number of pyridine rings is 1. The lowest BCUT2D eigenvalue weighted by molar-refractivity contribution is 0.307. The van der Waals surface area contributed by atoms with Crippen molar-refractivity contribution in [2.45, 2.75) is 19.9 Å². The van der Waals surface area contributed by atoms with E-state index in [0.717, 1.165) is 44.0 Å². The summed E-state index contributed by atoms with van der Waals surface area (Å²) in [5.74, 6) is 0.897. The van der Waals surface area contributed by atoms with Gasteiger partial charge in [-0.2, -0.15) is 0 Å². The largest absolute Gasteiger partial charge is 0.506 e. The van der Waals surface area contributed by atoms with E-state index in [1.54, 1.807) is 6.07 Å². The molecule has 1 fully saturated rings. The van der Waals surface area contributed by atoms with Crippen LogP contribution in [0.2, 0.25) is 0 Å². The summed E-state index contributed by atoms with van der Waals surface area (Å²) in [6, 6.07) is 3.54. The van der Waals surface area contributed by atoms with Crippen molar-refractivity contribution in [2.75, 3.05) is 19.6 Å². The minimum Gasteiger partial charge on any atom is -0.506 e. The lowest BCUT2D eigenvalue weighted by Crippen LogP contribution is -2.23. The van der Waals surface area contributed by atoms with Gasteiger partial charge in [-0.25, -0.2) is 0 Å². The first-order chi connectivity index (χ1) is 7.69. The quantitative estimate of drug-likeness (QED) is 0.795. The molecule has 1 atom stereocenters. The molecule has 4 heteroatoms. The first-order valence-electron chi connectivity index (χ1n) is 5.77. The predicted molar refractivity (Wildman–Crippen MR) is 63.1 cm³/mol. The summed E-state index contributed by atoms with van der Waals surface area (Å²) in [6.45, 7) is 5.49. The van der Waals surface area contributed by atoms with Crippen LogP contribution in [0.3, 0.4) is 0 Å². The number of hydrogen-bond acceptors (Lipinski definition) is 4. The number of rotatable bonds is 3. The van der Waals surface area contributed by atoms with Crippen LogP contribution in [0.5, 0.6) is 5.75 Å². The number of aryl methyl sites for hydroxylation is 1. The van der Waals surface area contributed by atoms with Crippen LogP contribution in [-0.4, -0.2) is 34.6 Å². The fraction of sp³-hybridized carbons (Fsp3) is 0.583. The Hall–Kier alpha value is -1.13. The van der Waals surface area contributed by atoms with Crippen molar-refractivity contribution in [3.8, 4) is 5.75 Å². The van der Waals surface area contributed by atoms with Crippen molar-refractivity contribution in [2.24, 2.45) is 11.7 Å². The van der Waals surface area contributed by atoms with Gasteiger partial charge >= 0.3 is 0 Å². The molecule has 3 N–H and O–H groups in total. The van der Waals surface area contributed by atoms with Gasteiger partial charge in [-0.15, -0.1) is 0 Å². The minimum atomic E-state index is 0.293. The molecule has 88 valence electrons. The molecule has 1 aromatic rings. The summed E-state index contributed by atoms with van der Waals surface area (Å²) in [5, 5.41) is 9.70. The van der Waals surface area contributed by atoms with Gasteiger partial charge in [-0.3, -0.25) is 9.88 Å². The zero-order chi connectivity index (χ0) is 11.5. The second-order valence-corrected chi connectivity index (χ2v) is 4.54. The molecule has 1 aliphatic heterocycles. The molecule has 1 unspecified atom stereocenters. The maximum atomic E-state index is 9.70. The molecule has 0 saturated carbocycles. The molecule has 0 aliphatic carbocycles. The normalized spacial score (nSPS) is 21.5. The van der Waals surface area contributed by atoms with E-state index in [4.69, 9.17) is 5.73 Å². The van der Waals surface area contributed by atoms with Crippen LogP contribution in [0.1, 0.15) is 17.8 Å². The first kappa shape index (κ1) is 11.4. The Morgan fingerprint density at radius 1 is 1.56 bits per heavy atom. The summed E-state index contributed by atoms with van der Waals surface area (Å²) >= 11 is 0. The molecule has 1 aromatic heterocycles. The Balaban J connectivity index is 2.01. The predicted octanol–water partition coefficient (Wildman–Crippen LogP) is 0.876. The highest BCUT2D eigenvalue weighted by molar-refractivity contribution is 5.27. The monoisotopic (exact) mass is 221 g/mol. The minimum absolute atomic E-state index is 0.293. The number of aromatic hydroxyl groups is 1. The Morgan fingerprint density at radius 3 is 3.06 bits per heavy atom. The topological polar surface area (TPSA) is 62.4 Å². The van der Waals surface area contributed by atoms with Crippen LogP contribution in [-0.2, 0) is 6.54 Å². The van der Waals surface area contributed by atoms with Gasteiger partial charge in [0.1, 0.15) is 5.75 Å². The first-order valence-corrected chi connectivity index (χ1v) is 5.77. The summed E-state index contributed by atoms with van der Waals surface area (Å²) in [4.78, 5) is 6.67. The van der Waals surface area contributed by atoms with Crippen molar-refractivity contribution in [1.82, 2.24) is 9.88 Å².